The number of carbonyl (C=O) groups is 1. The number of nitrogens with one attached hydrogen (secondary N) is 1. The highest BCUT2D eigenvalue weighted by atomic mass is 32.2. The van der Waals surface area contributed by atoms with Gasteiger partial charge >= 0.3 is 0 Å². The second kappa shape index (κ2) is 7.97. The number of hydrogen-bond donors (Lipinski definition) is 1. The van der Waals surface area contributed by atoms with Crippen LogP contribution in [0.4, 0.5) is 10.1 Å². The van der Waals surface area contributed by atoms with Crippen LogP contribution in [0.5, 0.6) is 0 Å². The van der Waals surface area contributed by atoms with Gasteiger partial charge in [-0.1, -0.05) is 19.9 Å². The number of halogens is 1. The molecule has 1 amide bonds. The van der Waals surface area contributed by atoms with Crippen LogP contribution < -0.4 is 5.32 Å². The Kier molecular flexibility index (Phi) is 6.15. The highest BCUT2D eigenvalue weighted by Gasteiger charge is 2.24. The second-order valence-electron chi connectivity index (χ2n) is 5.98. The first-order chi connectivity index (χ1) is 12.2. The third-order valence-corrected chi connectivity index (χ3v) is 6.34. The molecule has 0 saturated carbocycles. The van der Waals surface area contributed by atoms with Crippen LogP contribution in [0.3, 0.4) is 0 Å². The fraction of sp³-hybridized carbons (Fsp3) is 0.316. The van der Waals surface area contributed by atoms with Gasteiger partial charge in [-0.05, 0) is 55.3 Å². The molecule has 0 aliphatic carbocycles. The maximum absolute atomic E-state index is 14.1. The average molecular weight is 378 g/mol. The number of sulfonamides is 1. The molecule has 0 aromatic heterocycles. The predicted molar refractivity (Wildman–Crippen MR) is 100 cm³/mol. The Morgan fingerprint density at radius 2 is 1.69 bits per heavy atom. The van der Waals surface area contributed by atoms with Crippen molar-refractivity contribution >= 4 is 21.6 Å². The van der Waals surface area contributed by atoms with E-state index in [4.69, 9.17) is 0 Å². The topological polar surface area (TPSA) is 66.5 Å². The fourth-order valence-corrected chi connectivity index (χ4v) is 4.05. The van der Waals surface area contributed by atoms with E-state index in [0.29, 0.717) is 18.8 Å². The summed E-state index contributed by atoms with van der Waals surface area (Å²) >= 11 is 0. The Balaban J connectivity index is 2.37. The molecule has 0 bridgehead atoms. The predicted octanol–water partition coefficient (Wildman–Crippen LogP) is 3.73. The minimum Gasteiger partial charge on any atom is -0.322 e. The molecular weight excluding hydrogens is 355 g/mol. The minimum absolute atomic E-state index is 0.104. The molecule has 1 N–H and O–H groups in total. The van der Waals surface area contributed by atoms with Crippen molar-refractivity contribution in [1.82, 2.24) is 4.31 Å². The molecule has 0 atom stereocenters. The number of nitrogens with zero attached hydrogens (tertiary/aromatic N) is 1. The molecule has 5 nitrogen and oxygen atoms in total. The summed E-state index contributed by atoms with van der Waals surface area (Å²) < 4.78 is 40.6. The van der Waals surface area contributed by atoms with Crippen LogP contribution in [-0.2, 0) is 10.0 Å². The van der Waals surface area contributed by atoms with Crippen LogP contribution >= 0.6 is 0 Å². The number of benzene rings is 2. The maximum atomic E-state index is 14.1. The Bertz CT molecular complexity index is 922. The van der Waals surface area contributed by atoms with Gasteiger partial charge in [-0.15, -0.1) is 0 Å². The number of rotatable bonds is 6. The van der Waals surface area contributed by atoms with Gasteiger partial charge in [-0.2, -0.15) is 4.31 Å². The largest absolute Gasteiger partial charge is 0.322 e. The lowest BCUT2D eigenvalue weighted by molar-refractivity contribution is 0.102. The van der Waals surface area contributed by atoms with E-state index in [1.54, 1.807) is 26.0 Å². The Morgan fingerprint density at radius 3 is 2.27 bits per heavy atom. The molecule has 0 spiro atoms. The number of anilines is 1. The van der Waals surface area contributed by atoms with Gasteiger partial charge in [-0.25, -0.2) is 12.8 Å². The van der Waals surface area contributed by atoms with Gasteiger partial charge in [0.15, 0.2) is 0 Å². The standard InChI is InChI=1S/C19H23FN2O3S/c1-5-22(6-2)26(24,25)16-9-10-18(20)17(12-16)19(23)21-15-8-7-13(3)14(4)11-15/h7-12H,5-6H2,1-4H3,(H,21,23). The van der Waals surface area contributed by atoms with Gasteiger partial charge in [0, 0.05) is 18.8 Å². The van der Waals surface area contributed by atoms with Crippen LogP contribution in [0.15, 0.2) is 41.3 Å². The first-order valence-corrected chi connectivity index (χ1v) is 9.83. The lowest BCUT2D eigenvalue weighted by Gasteiger charge is -2.19. The third kappa shape index (κ3) is 4.11. The first-order valence-electron chi connectivity index (χ1n) is 8.39. The van der Waals surface area contributed by atoms with Gasteiger partial charge in [0.1, 0.15) is 5.82 Å². The van der Waals surface area contributed by atoms with Gasteiger partial charge < -0.3 is 5.32 Å². The van der Waals surface area contributed by atoms with E-state index in [2.05, 4.69) is 5.32 Å². The lowest BCUT2D eigenvalue weighted by Crippen LogP contribution is -2.31. The SMILES string of the molecule is CCN(CC)S(=O)(=O)c1ccc(F)c(C(=O)Nc2ccc(C)c(C)c2)c1. The molecule has 140 valence electrons. The molecule has 2 rings (SSSR count). The van der Waals surface area contributed by atoms with Crippen molar-refractivity contribution in [2.75, 3.05) is 18.4 Å². The quantitative estimate of drug-likeness (QED) is 0.833. The van der Waals surface area contributed by atoms with Crippen molar-refractivity contribution in [1.29, 1.82) is 0 Å². The van der Waals surface area contributed by atoms with Crippen molar-refractivity contribution < 1.29 is 17.6 Å². The molecule has 2 aromatic rings. The highest BCUT2D eigenvalue weighted by molar-refractivity contribution is 7.89. The molecule has 0 unspecified atom stereocenters. The monoisotopic (exact) mass is 378 g/mol. The number of carbonyl (C=O) groups excluding carboxylic acids is 1. The minimum atomic E-state index is -3.77. The average Bonchev–Trinajstić information content (AvgIpc) is 2.59. The molecular formula is C19H23FN2O3S. The zero-order valence-electron chi connectivity index (χ0n) is 15.3. The van der Waals surface area contributed by atoms with Gasteiger partial charge in [0.2, 0.25) is 10.0 Å². The number of aryl methyl sites for hydroxylation is 2. The number of hydrogen-bond acceptors (Lipinski definition) is 3. The van der Waals surface area contributed by atoms with Gasteiger partial charge in [-0.3, -0.25) is 4.79 Å². The van der Waals surface area contributed by atoms with Crippen LogP contribution in [0, 0.1) is 19.7 Å². The number of amides is 1. The van der Waals surface area contributed by atoms with Crippen molar-refractivity contribution in [2.45, 2.75) is 32.6 Å². The van der Waals surface area contributed by atoms with E-state index in [0.717, 1.165) is 23.3 Å². The molecule has 0 radical (unpaired) electrons. The summed E-state index contributed by atoms with van der Waals surface area (Å²) in [7, 11) is -3.77. The van der Waals surface area contributed by atoms with E-state index >= 15 is 0 Å². The molecule has 0 aliphatic rings. The second-order valence-corrected chi connectivity index (χ2v) is 7.92. The third-order valence-electron chi connectivity index (χ3n) is 4.29. The molecule has 7 heteroatoms. The van der Waals surface area contributed by atoms with Crippen LogP contribution in [0.2, 0.25) is 0 Å². The summed E-state index contributed by atoms with van der Waals surface area (Å²) in [6, 6.07) is 8.61. The van der Waals surface area contributed by atoms with Crippen LogP contribution in [0.1, 0.15) is 35.3 Å². The highest BCUT2D eigenvalue weighted by Crippen LogP contribution is 2.21. The Hall–Kier alpha value is -2.25. The summed E-state index contributed by atoms with van der Waals surface area (Å²) in [6.45, 7) is 7.88. The van der Waals surface area contributed by atoms with E-state index < -0.39 is 21.7 Å². The Labute approximate surface area is 153 Å². The maximum Gasteiger partial charge on any atom is 0.258 e. The summed E-state index contributed by atoms with van der Waals surface area (Å²) in [5.41, 5.74) is 2.27. The molecule has 26 heavy (non-hydrogen) atoms. The lowest BCUT2D eigenvalue weighted by atomic mass is 10.1. The van der Waals surface area contributed by atoms with Crippen molar-refractivity contribution in [3.63, 3.8) is 0 Å². The smallest absolute Gasteiger partial charge is 0.258 e. The van der Waals surface area contributed by atoms with E-state index in [9.17, 15) is 17.6 Å². The Morgan fingerprint density at radius 1 is 1.04 bits per heavy atom. The molecule has 0 aliphatic heterocycles. The zero-order valence-corrected chi connectivity index (χ0v) is 16.2. The molecule has 0 heterocycles. The van der Waals surface area contributed by atoms with Crippen molar-refractivity contribution in [2.24, 2.45) is 0 Å². The van der Waals surface area contributed by atoms with Crippen LogP contribution in [-0.4, -0.2) is 31.7 Å². The van der Waals surface area contributed by atoms with Gasteiger partial charge in [0.05, 0.1) is 10.5 Å². The molecule has 0 saturated heterocycles. The summed E-state index contributed by atoms with van der Waals surface area (Å²) in [4.78, 5) is 12.4. The van der Waals surface area contributed by atoms with E-state index in [1.807, 2.05) is 19.9 Å². The molecule has 0 fully saturated rings. The first kappa shape index (κ1) is 20.1. The summed E-state index contributed by atoms with van der Waals surface area (Å²) in [5, 5.41) is 2.62. The zero-order chi connectivity index (χ0) is 19.5. The summed E-state index contributed by atoms with van der Waals surface area (Å²) in [6.07, 6.45) is 0. The van der Waals surface area contributed by atoms with Crippen molar-refractivity contribution in [3.05, 3.63) is 58.9 Å². The fourth-order valence-electron chi connectivity index (χ4n) is 2.57. The van der Waals surface area contributed by atoms with E-state index in [1.165, 1.54) is 10.4 Å². The molecule has 2 aromatic carbocycles. The van der Waals surface area contributed by atoms with E-state index in [-0.39, 0.29) is 10.5 Å². The van der Waals surface area contributed by atoms with Gasteiger partial charge in [0.25, 0.3) is 5.91 Å². The summed E-state index contributed by atoms with van der Waals surface area (Å²) in [5.74, 6) is -1.47. The van der Waals surface area contributed by atoms with Crippen molar-refractivity contribution in [3.8, 4) is 0 Å². The normalized spacial score (nSPS) is 11.6. The van der Waals surface area contributed by atoms with Crippen LogP contribution in [0.25, 0.3) is 0 Å².